The minimum atomic E-state index is -0.216. The molecule has 0 spiro atoms. The van der Waals surface area contributed by atoms with E-state index in [1.54, 1.807) is 12.1 Å². The molecular weight excluding hydrogens is 307 g/mol. The van der Waals surface area contributed by atoms with Crippen LogP contribution in [-0.4, -0.2) is 6.54 Å². The topological polar surface area (TPSA) is 29.3 Å². The normalized spacial score (nSPS) is 10.5. The third kappa shape index (κ3) is 3.70. The van der Waals surface area contributed by atoms with E-state index in [4.69, 9.17) is 5.73 Å². The molecule has 0 saturated heterocycles. The van der Waals surface area contributed by atoms with E-state index >= 15 is 0 Å². The first kappa shape index (κ1) is 13.9. The van der Waals surface area contributed by atoms with Crippen LogP contribution < -0.4 is 10.6 Å². The van der Waals surface area contributed by atoms with Gasteiger partial charge in [-0.1, -0.05) is 15.9 Å². The minimum Gasteiger partial charge on any atom is -0.399 e. The van der Waals surface area contributed by atoms with E-state index in [1.807, 2.05) is 18.2 Å². The van der Waals surface area contributed by atoms with Gasteiger partial charge in [0.25, 0.3) is 0 Å². The van der Waals surface area contributed by atoms with Crippen molar-refractivity contribution in [3.8, 4) is 0 Å². The average Bonchev–Trinajstić information content (AvgIpc) is 2.36. The molecule has 0 radical (unpaired) electrons. The highest BCUT2D eigenvalue weighted by molar-refractivity contribution is 9.10. The van der Waals surface area contributed by atoms with Crippen molar-refractivity contribution in [3.05, 3.63) is 58.3 Å². The van der Waals surface area contributed by atoms with Crippen LogP contribution in [0.5, 0.6) is 0 Å². The zero-order valence-corrected chi connectivity index (χ0v) is 12.3. The fourth-order valence-corrected chi connectivity index (χ4v) is 2.58. The maximum absolute atomic E-state index is 12.9. The van der Waals surface area contributed by atoms with Gasteiger partial charge in [-0.25, -0.2) is 4.39 Å². The van der Waals surface area contributed by atoms with Crippen LogP contribution in [-0.2, 0) is 6.54 Å². The van der Waals surface area contributed by atoms with Crippen molar-refractivity contribution in [3.63, 3.8) is 0 Å². The average molecular weight is 323 g/mol. The molecule has 0 aliphatic rings. The molecule has 0 unspecified atom stereocenters. The SMILES string of the molecule is CCN(Cc1cc(N)cc(Br)c1)c1ccc(F)cc1. The molecule has 4 heteroatoms. The van der Waals surface area contributed by atoms with Crippen LogP contribution in [0.25, 0.3) is 0 Å². The van der Waals surface area contributed by atoms with Crippen molar-refractivity contribution in [1.82, 2.24) is 0 Å². The molecule has 0 heterocycles. The maximum atomic E-state index is 12.9. The summed E-state index contributed by atoms with van der Waals surface area (Å²) in [6.45, 7) is 3.66. The molecular formula is C15H16BrFN2. The number of anilines is 2. The number of benzene rings is 2. The molecule has 2 aromatic rings. The number of nitrogens with zero attached hydrogens (tertiary/aromatic N) is 1. The van der Waals surface area contributed by atoms with Crippen LogP contribution in [0.2, 0.25) is 0 Å². The van der Waals surface area contributed by atoms with Gasteiger partial charge >= 0.3 is 0 Å². The highest BCUT2D eigenvalue weighted by Crippen LogP contribution is 2.22. The van der Waals surface area contributed by atoms with Crippen molar-refractivity contribution in [2.24, 2.45) is 0 Å². The predicted molar refractivity (Wildman–Crippen MR) is 81.7 cm³/mol. The van der Waals surface area contributed by atoms with Crippen LogP contribution in [0.1, 0.15) is 12.5 Å². The van der Waals surface area contributed by atoms with Crippen molar-refractivity contribution in [2.75, 3.05) is 17.2 Å². The van der Waals surface area contributed by atoms with Gasteiger partial charge in [0.1, 0.15) is 5.82 Å². The van der Waals surface area contributed by atoms with Gasteiger partial charge in [0.2, 0.25) is 0 Å². The molecule has 19 heavy (non-hydrogen) atoms. The number of hydrogen-bond donors (Lipinski definition) is 1. The summed E-state index contributed by atoms with van der Waals surface area (Å²) < 4.78 is 13.9. The quantitative estimate of drug-likeness (QED) is 0.855. The second-order valence-electron chi connectivity index (χ2n) is 4.38. The van der Waals surface area contributed by atoms with Gasteiger partial charge in [0.05, 0.1) is 0 Å². The molecule has 100 valence electrons. The Kier molecular flexibility index (Phi) is 4.43. The molecule has 2 rings (SSSR count). The standard InChI is InChI=1S/C15H16BrFN2/c1-2-19(15-5-3-13(17)4-6-15)10-11-7-12(16)9-14(18)8-11/h3-9H,2,10,18H2,1H3. The van der Waals surface area contributed by atoms with Gasteiger partial charge in [0.15, 0.2) is 0 Å². The summed E-state index contributed by atoms with van der Waals surface area (Å²) in [5.41, 5.74) is 8.70. The Morgan fingerprint density at radius 3 is 2.42 bits per heavy atom. The number of nitrogens with two attached hydrogens (primary N) is 1. The molecule has 0 fully saturated rings. The summed E-state index contributed by atoms with van der Waals surface area (Å²) >= 11 is 3.44. The molecule has 0 atom stereocenters. The van der Waals surface area contributed by atoms with Crippen LogP contribution >= 0.6 is 15.9 Å². The predicted octanol–water partition coefficient (Wildman–Crippen LogP) is 4.20. The molecule has 0 saturated carbocycles. The van der Waals surface area contributed by atoms with E-state index in [0.717, 1.165) is 34.5 Å². The molecule has 2 aromatic carbocycles. The third-order valence-electron chi connectivity index (χ3n) is 2.93. The van der Waals surface area contributed by atoms with Crippen molar-refractivity contribution >= 4 is 27.3 Å². The monoisotopic (exact) mass is 322 g/mol. The Morgan fingerprint density at radius 1 is 1.16 bits per heavy atom. The first-order valence-electron chi connectivity index (χ1n) is 6.14. The first-order valence-corrected chi connectivity index (χ1v) is 6.93. The Morgan fingerprint density at radius 2 is 1.84 bits per heavy atom. The zero-order chi connectivity index (χ0) is 13.8. The number of halogens is 2. The van der Waals surface area contributed by atoms with Gasteiger partial charge in [0, 0.05) is 28.9 Å². The molecule has 0 aromatic heterocycles. The lowest BCUT2D eigenvalue weighted by Gasteiger charge is -2.23. The maximum Gasteiger partial charge on any atom is 0.123 e. The third-order valence-corrected chi connectivity index (χ3v) is 3.38. The first-order chi connectivity index (χ1) is 9.08. The smallest absolute Gasteiger partial charge is 0.123 e. The number of hydrogen-bond acceptors (Lipinski definition) is 2. The van der Waals surface area contributed by atoms with Crippen LogP contribution in [0, 0.1) is 5.82 Å². The van der Waals surface area contributed by atoms with Gasteiger partial charge in [-0.2, -0.15) is 0 Å². The Hall–Kier alpha value is -1.55. The van der Waals surface area contributed by atoms with Crippen LogP contribution in [0.15, 0.2) is 46.9 Å². The summed E-state index contributed by atoms with van der Waals surface area (Å²) in [5, 5.41) is 0. The summed E-state index contributed by atoms with van der Waals surface area (Å²) in [5.74, 6) is -0.216. The largest absolute Gasteiger partial charge is 0.399 e. The summed E-state index contributed by atoms with van der Waals surface area (Å²) in [7, 11) is 0. The Bertz CT molecular complexity index is 534. The highest BCUT2D eigenvalue weighted by atomic mass is 79.9. The number of nitrogen functional groups attached to an aromatic ring is 1. The van der Waals surface area contributed by atoms with Gasteiger partial charge in [-0.05, 0) is 55.0 Å². The lowest BCUT2D eigenvalue weighted by molar-refractivity contribution is 0.627. The fourth-order valence-electron chi connectivity index (χ4n) is 2.02. The highest BCUT2D eigenvalue weighted by Gasteiger charge is 2.06. The second kappa shape index (κ2) is 6.06. The van der Waals surface area contributed by atoms with E-state index < -0.39 is 0 Å². The van der Waals surface area contributed by atoms with Crippen molar-refractivity contribution in [1.29, 1.82) is 0 Å². The molecule has 0 amide bonds. The van der Waals surface area contributed by atoms with Crippen LogP contribution in [0.4, 0.5) is 15.8 Å². The van der Waals surface area contributed by atoms with Gasteiger partial charge < -0.3 is 10.6 Å². The molecule has 0 aliphatic heterocycles. The van der Waals surface area contributed by atoms with Crippen molar-refractivity contribution in [2.45, 2.75) is 13.5 Å². The van der Waals surface area contributed by atoms with E-state index in [-0.39, 0.29) is 5.82 Å². The lowest BCUT2D eigenvalue weighted by Crippen LogP contribution is -2.22. The molecule has 2 N–H and O–H groups in total. The van der Waals surface area contributed by atoms with Gasteiger partial charge in [-0.3, -0.25) is 0 Å². The van der Waals surface area contributed by atoms with E-state index in [1.165, 1.54) is 12.1 Å². The molecule has 0 bridgehead atoms. The van der Waals surface area contributed by atoms with E-state index in [0.29, 0.717) is 0 Å². The summed E-state index contributed by atoms with van der Waals surface area (Å²) in [6, 6.07) is 12.4. The lowest BCUT2D eigenvalue weighted by atomic mass is 10.1. The van der Waals surface area contributed by atoms with E-state index in [2.05, 4.69) is 27.8 Å². The van der Waals surface area contributed by atoms with Crippen molar-refractivity contribution < 1.29 is 4.39 Å². The fraction of sp³-hybridized carbons (Fsp3) is 0.200. The zero-order valence-electron chi connectivity index (χ0n) is 10.7. The number of rotatable bonds is 4. The van der Waals surface area contributed by atoms with Crippen LogP contribution in [0.3, 0.4) is 0 Å². The Labute approximate surface area is 121 Å². The van der Waals surface area contributed by atoms with Gasteiger partial charge in [-0.15, -0.1) is 0 Å². The molecule has 2 nitrogen and oxygen atoms in total. The summed E-state index contributed by atoms with van der Waals surface area (Å²) in [4.78, 5) is 2.17. The Balaban J connectivity index is 2.21. The minimum absolute atomic E-state index is 0.216. The molecule has 0 aliphatic carbocycles. The second-order valence-corrected chi connectivity index (χ2v) is 5.30. The van der Waals surface area contributed by atoms with E-state index in [9.17, 15) is 4.39 Å². The summed E-state index contributed by atoms with van der Waals surface area (Å²) in [6.07, 6.45) is 0.